The number of carbonyl (C=O) groups is 1. The van der Waals surface area contributed by atoms with Gasteiger partial charge in [0, 0.05) is 30.8 Å². The summed E-state index contributed by atoms with van der Waals surface area (Å²) in [7, 11) is -1.32. The van der Waals surface area contributed by atoms with Crippen LogP contribution in [-0.4, -0.2) is 45.8 Å². The van der Waals surface area contributed by atoms with Crippen molar-refractivity contribution in [1.29, 1.82) is 0 Å². The molecular weight excluding hydrogens is 517 g/mol. The zero-order chi connectivity index (χ0) is 27.0. The third-order valence-electron chi connectivity index (χ3n) is 5.55. The van der Waals surface area contributed by atoms with E-state index in [1.165, 1.54) is 50.2 Å². The predicted molar refractivity (Wildman–Crippen MR) is 127 cm³/mol. The van der Waals surface area contributed by atoms with E-state index in [2.05, 4.69) is 19.8 Å². The van der Waals surface area contributed by atoms with Crippen LogP contribution < -0.4 is 24.7 Å². The number of methoxy groups -OCH3 is 2. The van der Waals surface area contributed by atoms with E-state index in [9.17, 15) is 22.2 Å². The third kappa shape index (κ3) is 5.17. The van der Waals surface area contributed by atoms with Gasteiger partial charge >= 0.3 is 12.2 Å². The molecule has 1 aliphatic rings. The number of carbonyl (C=O) groups excluding carboxylic acids is 1. The highest BCUT2D eigenvalue weighted by Gasteiger charge is 2.35. The van der Waals surface area contributed by atoms with Crippen molar-refractivity contribution >= 4 is 21.6 Å². The van der Waals surface area contributed by atoms with Crippen LogP contribution in [0.25, 0.3) is 11.1 Å². The van der Waals surface area contributed by atoms with E-state index in [4.69, 9.17) is 19.3 Å². The third-order valence-corrected chi connectivity index (χ3v) is 6.92. The molecule has 0 saturated heterocycles. The fraction of sp³-hybridized carbons (Fsp3) is 0.318. The molecule has 1 aromatic carbocycles. The highest BCUT2D eigenvalue weighted by molar-refractivity contribution is 7.92. The van der Waals surface area contributed by atoms with Crippen molar-refractivity contribution < 1.29 is 36.4 Å². The van der Waals surface area contributed by atoms with Crippen molar-refractivity contribution in [3.05, 3.63) is 41.6 Å². The number of hydrogen-bond donors (Lipinski definition) is 2. The number of aromatic nitrogens is 3. The number of benzene rings is 1. The molecule has 0 saturated carbocycles. The van der Waals surface area contributed by atoms with Gasteiger partial charge in [-0.25, -0.2) is 23.8 Å². The van der Waals surface area contributed by atoms with Crippen LogP contribution in [0.3, 0.4) is 0 Å². The second-order valence-electron chi connectivity index (χ2n) is 7.90. The number of hydrogen-bond acceptors (Lipinski definition) is 7. The maximum Gasteiger partial charge on any atom is 0.416 e. The number of aryl methyl sites for hydroxylation is 1. The van der Waals surface area contributed by atoms with Crippen LogP contribution in [0.5, 0.6) is 17.6 Å². The second-order valence-corrected chi connectivity index (χ2v) is 9.63. The Morgan fingerprint density at radius 3 is 2.70 bits per heavy atom. The first kappa shape index (κ1) is 26.2. The Morgan fingerprint density at radius 2 is 2.03 bits per heavy atom. The molecule has 3 heterocycles. The topological polar surface area (TPSA) is 143 Å². The summed E-state index contributed by atoms with van der Waals surface area (Å²) in [5.74, 6) is 0.118. The van der Waals surface area contributed by atoms with Crippen LogP contribution >= 0.6 is 0 Å². The van der Waals surface area contributed by atoms with Crippen LogP contribution in [0.15, 0.2) is 39.7 Å². The minimum absolute atomic E-state index is 0.0481. The number of fused-ring (bicyclic) bond motifs is 1. The van der Waals surface area contributed by atoms with Crippen molar-refractivity contribution in [3.8, 4) is 28.8 Å². The van der Waals surface area contributed by atoms with Crippen LogP contribution in [0.2, 0.25) is 0 Å². The highest BCUT2D eigenvalue weighted by Crippen LogP contribution is 2.40. The number of nitrogens with one attached hydrogen (secondary N) is 1. The maximum absolute atomic E-state index is 13.7. The fourth-order valence-electron chi connectivity index (χ4n) is 3.88. The maximum atomic E-state index is 13.7. The molecule has 2 amide bonds. The first-order chi connectivity index (χ1) is 17.5. The number of rotatable bonds is 5. The van der Waals surface area contributed by atoms with Gasteiger partial charge in [0.2, 0.25) is 11.8 Å². The number of alkyl halides is 3. The lowest BCUT2D eigenvalue weighted by Crippen LogP contribution is -2.21. The van der Waals surface area contributed by atoms with Gasteiger partial charge in [-0.05, 0) is 30.2 Å². The quantitative estimate of drug-likeness (QED) is 0.498. The van der Waals surface area contributed by atoms with Crippen LogP contribution in [0.4, 0.5) is 23.7 Å². The molecule has 0 radical (unpaired) electrons. The molecule has 0 spiro atoms. The lowest BCUT2D eigenvalue weighted by molar-refractivity contribution is -0.138. The fourth-order valence-corrected chi connectivity index (χ4v) is 5.05. The molecule has 0 bridgehead atoms. The summed E-state index contributed by atoms with van der Waals surface area (Å²) in [6.45, 7) is 1.94. The summed E-state index contributed by atoms with van der Waals surface area (Å²) in [4.78, 5) is 16.7. The smallest absolute Gasteiger partial charge is 0.416 e. The molecule has 1 unspecified atom stereocenters. The van der Waals surface area contributed by atoms with Gasteiger partial charge in [0.15, 0.2) is 14.8 Å². The zero-order valence-electron chi connectivity index (χ0n) is 20.0. The van der Waals surface area contributed by atoms with Crippen molar-refractivity contribution in [1.82, 2.24) is 14.8 Å². The molecule has 0 aliphatic carbocycles. The normalized spacial score (nSPS) is 14.7. The van der Waals surface area contributed by atoms with Crippen LogP contribution in [0, 0.1) is 6.92 Å². The molecule has 3 aromatic rings. The Bertz CT molecular complexity index is 1480. The molecule has 4 rings (SSSR count). The Hall–Kier alpha value is -3.85. The van der Waals surface area contributed by atoms with Crippen molar-refractivity contribution in [2.24, 2.45) is 9.50 Å². The number of halogens is 3. The molecular formula is C22H23F3N6O5S. The molecule has 3 N–H and O–H groups in total. The van der Waals surface area contributed by atoms with Gasteiger partial charge in [0.1, 0.15) is 0 Å². The number of amides is 2. The number of nitrogens with zero attached hydrogens (tertiary/aromatic N) is 4. The van der Waals surface area contributed by atoms with Gasteiger partial charge in [0.25, 0.3) is 5.88 Å². The van der Waals surface area contributed by atoms with E-state index in [0.29, 0.717) is 25.1 Å². The molecule has 11 nitrogen and oxygen atoms in total. The summed E-state index contributed by atoms with van der Waals surface area (Å²) in [6.07, 6.45) is -2.66. The van der Waals surface area contributed by atoms with Crippen molar-refractivity contribution in [2.75, 3.05) is 26.1 Å². The molecule has 37 heavy (non-hydrogen) atoms. The number of nitrogens with two attached hydrogens (primary N) is 1. The first-order valence-electron chi connectivity index (χ1n) is 10.8. The highest BCUT2D eigenvalue weighted by atomic mass is 32.2. The number of ether oxygens (including phenoxy) is 3. The van der Waals surface area contributed by atoms with E-state index in [1.54, 1.807) is 0 Å². The van der Waals surface area contributed by atoms with Crippen LogP contribution in [-0.2, 0) is 22.6 Å². The Morgan fingerprint density at radius 1 is 1.27 bits per heavy atom. The van der Waals surface area contributed by atoms with E-state index in [0.717, 1.165) is 6.07 Å². The Kier molecular flexibility index (Phi) is 7.01. The van der Waals surface area contributed by atoms with Gasteiger partial charge in [-0.1, -0.05) is 6.07 Å². The van der Waals surface area contributed by atoms with Crippen LogP contribution in [0.1, 0.15) is 17.5 Å². The summed E-state index contributed by atoms with van der Waals surface area (Å²) in [5, 5.41) is 12.4. The molecule has 0 fully saturated rings. The predicted octanol–water partition coefficient (Wildman–Crippen LogP) is 4.00. The first-order valence-corrected chi connectivity index (χ1v) is 12.4. The average Bonchev–Trinajstić information content (AvgIpc) is 3.24. The number of pyridine rings is 1. The molecule has 1 atom stereocenters. The zero-order valence-corrected chi connectivity index (χ0v) is 20.8. The largest absolute Gasteiger partial charge is 0.481 e. The second kappa shape index (κ2) is 9.89. The van der Waals surface area contributed by atoms with E-state index in [1.807, 2.05) is 0 Å². The summed E-state index contributed by atoms with van der Waals surface area (Å²) in [5.41, 5.74) is -0.818. The van der Waals surface area contributed by atoms with Gasteiger partial charge in [-0.15, -0.1) is 9.46 Å². The minimum Gasteiger partial charge on any atom is -0.481 e. The van der Waals surface area contributed by atoms with E-state index in [-0.39, 0.29) is 39.3 Å². The van der Waals surface area contributed by atoms with E-state index >= 15 is 0 Å². The monoisotopic (exact) mass is 540 g/mol. The Labute approximate surface area is 210 Å². The lowest BCUT2D eigenvalue weighted by atomic mass is 9.97. The van der Waals surface area contributed by atoms with Crippen molar-refractivity contribution in [2.45, 2.75) is 31.0 Å². The minimum atomic E-state index is -4.70. The number of anilines is 1. The number of urea groups is 1. The lowest BCUT2D eigenvalue weighted by Gasteiger charge is -2.18. The summed E-state index contributed by atoms with van der Waals surface area (Å²) in [6, 6.07) is 3.88. The molecule has 15 heteroatoms. The van der Waals surface area contributed by atoms with Gasteiger partial charge < -0.3 is 19.5 Å². The Balaban J connectivity index is 1.80. The molecule has 1 aliphatic heterocycles. The summed E-state index contributed by atoms with van der Waals surface area (Å²) < 4.78 is 75.1. The molecule has 2 aromatic heterocycles. The van der Waals surface area contributed by atoms with E-state index < -0.39 is 27.7 Å². The van der Waals surface area contributed by atoms with Crippen molar-refractivity contribution in [3.63, 3.8) is 0 Å². The SMILES string of the molecule is COc1cc(-c2ccc(C(F)(F)F)c(C)c2NC(=O)N=S(N)(=O)c2c(OC)nn3c2OCCC3)ccn1. The standard InChI is InChI=1S/C22H23F3N6O5S/c1-12-15(22(23,24)25)6-5-14(13-7-8-27-16(11-13)34-2)17(12)28-21(32)30-37(26,33)18-19(35-3)29-31-9-4-10-36-20(18)31/h5-8,11H,4,9-10H2,1-3H3,(H3,26,28,30,32,33). The van der Waals surface area contributed by atoms with Gasteiger partial charge in [-0.3, -0.25) is 0 Å². The van der Waals surface area contributed by atoms with Gasteiger partial charge in [-0.2, -0.15) is 13.2 Å². The summed E-state index contributed by atoms with van der Waals surface area (Å²) >= 11 is 0. The average molecular weight is 541 g/mol. The molecule has 198 valence electrons. The van der Waals surface area contributed by atoms with Gasteiger partial charge in [0.05, 0.1) is 32.1 Å².